The van der Waals surface area contributed by atoms with Gasteiger partial charge in [0.2, 0.25) is 15.2 Å². The number of rotatable bonds is 7. The van der Waals surface area contributed by atoms with Gasteiger partial charge in [-0.05, 0) is 56.2 Å². The van der Waals surface area contributed by atoms with Crippen molar-refractivity contribution < 1.29 is 13.2 Å². The van der Waals surface area contributed by atoms with Crippen molar-refractivity contribution in [2.24, 2.45) is 0 Å². The van der Waals surface area contributed by atoms with E-state index in [0.717, 1.165) is 21.7 Å². The number of benzene rings is 2. The first-order valence-corrected chi connectivity index (χ1v) is 12.3. The Labute approximate surface area is 187 Å². The Balaban J connectivity index is 1.78. The number of sulfonamides is 1. The van der Waals surface area contributed by atoms with Crippen LogP contribution in [0.5, 0.6) is 0 Å². The molecule has 0 saturated carbocycles. The van der Waals surface area contributed by atoms with Crippen molar-refractivity contribution in [2.45, 2.75) is 39.5 Å². The number of aryl methyl sites for hydroxylation is 3. The van der Waals surface area contributed by atoms with Crippen molar-refractivity contribution in [3.63, 3.8) is 0 Å². The molecule has 1 heterocycles. The SMILES string of the molecule is CCN(CC)S(=O)(=O)c1ccc(C(=O)Nc2nnc(-c3c(C)cc(C)cc3C)s2)cc1. The van der Waals surface area contributed by atoms with Crippen molar-refractivity contribution in [1.29, 1.82) is 0 Å². The molecule has 3 rings (SSSR count). The Morgan fingerprint density at radius 1 is 1.00 bits per heavy atom. The van der Waals surface area contributed by atoms with Crippen LogP contribution in [0, 0.1) is 20.8 Å². The molecule has 0 atom stereocenters. The number of amides is 1. The molecule has 0 bridgehead atoms. The number of hydrogen-bond donors (Lipinski definition) is 1. The van der Waals surface area contributed by atoms with Crippen LogP contribution in [0.2, 0.25) is 0 Å². The predicted octanol–water partition coefficient (Wildman–Crippen LogP) is 4.41. The largest absolute Gasteiger partial charge is 0.296 e. The van der Waals surface area contributed by atoms with Gasteiger partial charge in [0.15, 0.2) is 0 Å². The Kier molecular flexibility index (Phi) is 6.88. The van der Waals surface area contributed by atoms with E-state index in [1.54, 1.807) is 13.8 Å². The molecule has 0 saturated heterocycles. The highest BCUT2D eigenvalue weighted by molar-refractivity contribution is 7.89. The molecule has 0 fully saturated rings. The van der Waals surface area contributed by atoms with Gasteiger partial charge >= 0.3 is 0 Å². The third-order valence-electron chi connectivity index (χ3n) is 5.00. The summed E-state index contributed by atoms with van der Waals surface area (Å²) in [6.07, 6.45) is 0. The van der Waals surface area contributed by atoms with Gasteiger partial charge in [0.1, 0.15) is 5.01 Å². The lowest BCUT2D eigenvalue weighted by Crippen LogP contribution is -2.30. The number of nitrogens with one attached hydrogen (secondary N) is 1. The fourth-order valence-corrected chi connectivity index (χ4v) is 5.92. The molecular formula is C22H26N4O3S2. The summed E-state index contributed by atoms with van der Waals surface area (Å²) in [5, 5.41) is 12.2. The molecule has 164 valence electrons. The highest BCUT2D eigenvalue weighted by Crippen LogP contribution is 2.32. The Morgan fingerprint density at radius 3 is 2.13 bits per heavy atom. The van der Waals surface area contributed by atoms with Gasteiger partial charge in [-0.15, -0.1) is 10.2 Å². The third-order valence-corrected chi connectivity index (χ3v) is 7.92. The van der Waals surface area contributed by atoms with E-state index in [1.807, 2.05) is 20.8 Å². The van der Waals surface area contributed by atoms with Crippen LogP contribution >= 0.6 is 11.3 Å². The van der Waals surface area contributed by atoms with Crippen LogP contribution in [-0.2, 0) is 10.0 Å². The molecule has 0 aliphatic heterocycles. The molecule has 1 N–H and O–H groups in total. The summed E-state index contributed by atoms with van der Waals surface area (Å²) in [6, 6.07) is 10.1. The van der Waals surface area contributed by atoms with Gasteiger partial charge < -0.3 is 0 Å². The average molecular weight is 459 g/mol. The maximum absolute atomic E-state index is 12.6. The maximum Gasteiger partial charge on any atom is 0.257 e. The van der Waals surface area contributed by atoms with Gasteiger partial charge in [0.25, 0.3) is 5.91 Å². The zero-order chi connectivity index (χ0) is 22.8. The normalized spacial score (nSPS) is 11.7. The first kappa shape index (κ1) is 23.1. The van der Waals surface area contributed by atoms with Gasteiger partial charge in [-0.25, -0.2) is 8.42 Å². The molecule has 0 aliphatic carbocycles. The second kappa shape index (κ2) is 9.25. The van der Waals surface area contributed by atoms with E-state index in [0.29, 0.717) is 23.8 Å². The summed E-state index contributed by atoms with van der Waals surface area (Å²) >= 11 is 1.30. The molecule has 1 amide bonds. The summed E-state index contributed by atoms with van der Waals surface area (Å²) in [7, 11) is -3.56. The average Bonchev–Trinajstić information content (AvgIpc) is 3.15. The third kappa shape index (κ3) is 4.84. The summed E-state index contributed by atoms with van der Waals surface area (Å²) in [4.78, 5) is 12.8. The number of hydrogen-bond acceptors (Lipinski definition) is 6. The van der Waals surface area contributed by atoms with E-state index in [9.17, 15) is 13.2 Å². The van der Waals surface area contributed by atoms with Crippen molar-refractivity contribution in [1.82, 2.24) is 14.5 Å². The second-order valence-electron chi connectivity index (χ2n) is 7.25. The number of carbonyl (C=O) groups excluding carboxylic acids is 1. The quantitative estimate of drug-likeness (QED) is 0.566. The lowest BCUT2D eigenvalue weighted by atomic mass is 10.0. The highest BCUT2D eigenvalue weighted by atomic mass is 32.2. The molecule has 2 aromatic carbocycles. The van der Waals surface area contributed by atoms with Gasteiger partial charge in [0, 0.05) is 24.2 Å². The number of anilines is 1. The van der Waals surface area contributed by atoms with Gasteiger partial charge in [-0.2, -0.15) is 4.31 Å². The van der Waals surface area contributed by atoms with Crippen LogP contribution in [0.3, 0.4) is 0 Å². The summed E-state index contributed by atoms with van der Waals surface area (Å²) in [6.45, 7) is 10.5. The van der Waals surface area contributed by atoms with Crippen LogP contribution < -0.4 is 5.32 Å². The van der Waals surface area contributed by atoms with Gasteiger partial charge in [-0.1, -0.05) is 42.9 Å². The molecule has 9 heteroatoms. The lowest BCUT2D eigenvalue weighted by molar-refractivity contribution is 0.102. The number of aromatic nitrogens is 2. The van der Waals surface area contributed by atoms with E-state index in [2.05, 4.69) is 27.6 Å². The molecular weight excluding hydrogens is 432 g/mol. The molecule has 0 unspecified atom stereocenters. The standard InChI is InChI=1S/C22H26N4O3S2/c1-6-26(7-2)31(28,29)18-10-8-17(9-11-18)20(27)23-22-25-24-21(30-22)19-15(4)12-14(3)13-16(19)5/h8-13H,6-7H2,1-5H3,(H,23,25,27). The van der Waals surface area contributed by atoms with Crippen LogP contribution in [-0.4, -0.2) is 41.9 Å². The van der Waals surface area contributed by atoms with E-state index in [-0.39, 0.29) is 10.8 Å². The zero-order valence-electron chi connectivity index (χ0n) is 18.3. The summed E-state index contributed by atoms with van der Waals surface area (Å²) in [5.41, 5.74) is 4.77. The van der Waals surface area contributed by atoms with Gasteiger partial charge in [-0.3, -0.25) is 10.1 Å². The van der Waals surface area contributed by atoms with Crippen LogP contribution in [0.1, 0.15) is 40.9 Å². The van der Waals surface area contributed by atoms with E-state index in [4.69, 9.17) is 0 Å². The van der Waals surface area contributed by atoms with Crippen molar-refractivity contribution in [2.75, 3.05) is 18.4 Å². The summed E-state index contributed by atoms with van der Waals surface area (Å²) in [5.74, 6) is -0.369. The number of carbonyl (C=O) groups is 1. The van der Waals surface area contributed by atoms with Crippen LogP contribution in [0.4, 0.5) is 5.13 Å². The first-order valence-electron chi connectivity index (χ1n) is 10.0. The number of nitrogens with zero attached hydrogens (tertiary/aromatic N) is 3. The summed E-state index contributed by atoms with van der Waals surface area (Å²) < 4.78 is 26.6. The minimum Gasteiger partial charge on any atom is -0.296 e. The van der Waals surface area contributed by atoms with Crippen LogP contribution in [0.15, 0.2) is 41.3 Å². The fourth-order valence-electron chi connectivity index (χ4n) is 3.55. The topological polar surface area (TPSA) is 92.3 Å². The Hall–Kier alpha value is -2.62. The smallest absolute Gasteiger partial charge is 0.257 e. The monoisotopic (exact) mass is 458 g/mol. The van der Waals surface area contributed by atoms with E-state index >= 15 is 0 Å². The molecule has 31 heavy (non-hydrogen) atoms. The minimum absolute atomic E-state index is 0.163. The molecule has 7 nitrogen and oxygen atoms in total. The Morgan fingerprint density at radius 2 is 1.58 bits per heavy atom. The molecule has 0 radical (unpaired) electrons. The predicted molar refractivity (Wildman–Crippen MR) is 124 cm³/mol. The molecule has 0 spiro atoms. The van der Waals surface area contributed by atoms with Crippen molar-refractivity contribution in [3.8, 4) is 10.6 Å². The molecule has 0 aliphatic rings. The zero-order valence-corrected chi connectivity index (χ0v) is 19.9. The molecule has 3 aromatic rings. The lowest BCUT2D eigenvalue weighted by Gasteiger charge is -2.18. The molecule has 1 aromatic heterocycles. The first-order chi connectivity index (χ1) is 14.7. The van der Waals surface area contributed by atoms with E-state index in [1.165, 1.54) is 45.5 Å². The van der Waals surface area contributed by atoms with Gasteiger partial charge in [0.05, 0.1) is 4.90 Å². The minimum atomic E-state index is -3.56. The maximum atomic E-state index is 12.6. The van der Waals surface area contributed by atoms with Crippen molar-refractivity contribution in [3.05, 3.63) is 58.7 Å². The Bertz CT molecular complexity index is 1170. The van der Waals surface area contributed by atoms with E-state index < -0.39 is 10.0 Å². The van der Waals surface area contributed by atoms with Crippen LogP contribution in [0.25, 0.3) is 10.6 Å². The highest BCUT2D eigenvalue weighted by Gasteiger charge is 2.22. The van der Waals surface area contributed by atoms with Crippen molar-refractivity contribution >= 4 is 32.4 Å². The fraction of sp³-hybridized carbons (Fsp3) is 0.318. The second-order valence-corrected chi connectivity index (χ2v) is 10.2.